The number of benzene rings is 2. The highest BCUT2D eigenvalue weighted by Crippen LogP contribution is 2.22. The lowest BCUT2D eigenvalue weighted by Gasteiger charge is -2.32. The zero-order valence-electron chi connectivity index (χ0n) is 16.4. The fourth-order valence-corrected chi connectivity index (χ4v) is 3.59. The molecule has 0 spiro atoms. The average molecular weight is 468 g/mol. The summed E-state index contributed by atoms with van der Waals surface area (Å²) >= 11 is 3.30. The minimum Gasteiger partial charge on any atom is -0.484 e. The van der Waals surface area contributed by atoms with Crippen molar-refractivity contribution in [3.8, 4) is 22.9 Å². The Morgan fingerprint density at radius 3 is 2.47 bits per heavy atom. The number of amides is 1. The van der Waals surface area contributed by atoms with Crippen LogP contribution in [0, 0.1) is 0 Å². The molecule has 0 aliphatic carbocycles. The molecule has 2 aromatic carbocycles. The molecule has 3 aromatic rings. The zero-order valence-corrected chi connectivity index (χ0v) is 18.0. The number of aromatic nitrogens is 2. The molecule has 1 amide bonds. The van der Waals surface area contributed by atoms with E-state index in [0.717, 1.165) is 28.4 Å². The molecule has 0 radical (unpaired) electrons. The van der Waals surface area contributed by atoms with E-state index in [0.29, 0.717) is 24.8 Å². The van der Waals surface area contributed by atoms with Crippen LogP contribution in [0.25, 0.3) is 11.1 Å². The second-order valence-corrected chi connectivity index (χ2v) is 8.00. The number of carbonyl (C=O) groups excluding carboxylic acids is 1. The molecule has 7 heteroatoms. The van der Waals surface area contributed by atoms with Gasteiger partial charge in [0.05, 0.1) is 11.0 Å². The molecule has 1 aliphatic rings. The molecule has 2 heterocycles. The lowest BCUT2D eigenvalue weighted by molar-refractivity contribution is -0.136. The van der Waals surface area contributed by atoms with Crippen LogP contribution in [0.2, 0.25) is 0 Å². The second kappa shape index (κ2) is 9.71. The molecule has 1 atom stereocenters. The number of hydrogen-bond donors (Lipinski definition) is 0. The van der Waals surface area contributed by atoms with E-state index in [1.807, 2.05) is 42.5 Å². The summed E-state index contributed by atoms with van der Waals surface area (Å²) in [5.74, 6) is 0.628. The molecule has 30 heavy (non-hydrogen) atoms. The Labute approximate surface area is 184 Å². The number of piperidine rings is 1. The molecule has 6 nitrogen and oxygen atoms in total. The van der Waals surface area contributed by atoms with E-state index in [2.05, 4.69) is 38.0 Å². The lowest BCUT2D eigenvalue weighted by Crippen LogP contribution is -2.46. The van der Waals surface area contributed by atoms with Crippen molar-refractivity contribution in [3.05, 3.63) is 71.5 Å². The van der Waals surface area contributed by atoms with Crippen LogP contribution in [0.15, 0.2) is 71.5 Å². The van der Waals surface area contributed by atoms with Crippen molar-refractivity contribution in [1.29, 1.82) is 0 Å². The fraction of sp³-hybridized carbons (Fsp3) is 0.261. The first kappa shape index (κ1) is 20.3. The summed E-state index contributed by atoms with van der Waals surface area (Å²) in [5, 5.41) is 0. The Bertz CT molecular complexity index is 965. The predicted octanol–water partition coefficient (Wildman–Crippen LogP) is 4.35. The molecule has 1 aliphatic heterocycles. The Morgan fingerprint density at radius 2 is 1.73 bits per heavy atom. The van der Waals surface area contributed by atoms with Gasteiger partial charge in [-0.05, 0) is 52.0 Å². The van der Waals surface area contributed by atoms with Gasteiger partial charge in [-0.2, -0.15) is 0 Å². The smallest absolute Gasteiger partial charge is 0.316 e. The summed E-state index contributed by atoms with van der Waals surface area (Å²) in [7, 11) is 0. The molecular weight excluding hydrogens is 446 g/mol. The molecule has 1 aromatic heterocycles. The standard InChI is InChI=1S/C23H22BrN3O3/c24-19-13-25-23(26-14-19)30-21-7-4-12-27(15-21)22(28)16-29-20-10-8-18(9-11-20)17-5-2-1-3-6-17/h1-3,5-6,8-11,13-14,21H,4,7,12,15-16H2. The summed E-state index contributed by atoms with van der Waals surface area (Å²) in [5.41, 5.74) is 2.26. The van der Waals surface area contributed by atoms with Gasteiger partial charge in [-0.3, -0.25) is 4.79 Å². The number of nitrogens with zero attached hydrogens (tertiary/aromatic N) is 3. The van der Waals surface area contributed by atoms with Gasteiger partial charge in [-0.25, -0.2) is 9.97 Å². The molecule has 154 valence electrons. The maximum atomic E-state index is 12.6. The fourth-order valence-electron chi connectivity index (χ4n) is 3.38. The van der Waals surface area contributed by atoms with Crippen molar-refractivity contribution in [3.63, 3.8) is 0 Å². The van der Waals surface area contributed by atoms with E-state index < -0.39 is 0 Å². The maximum absolute atomic E-state index is 12.6. The van der Waals surface area contributed by atoms with E-state index in [4.69, 9.17) is 9.47 Å². The van der Waals surface area contributed by atoms with Crippen molar-refractivity contribution in [2.24, 2.45) is 0 Å². The number of ether oxygens (including phenoxy) is 2. The van der Waals surface area contributed by atoms with Gasteiger partial charge in [-0.1, -0.05) is 42.5 Å². The van der Waals surface area contributed by atoms with Gasteiger partial charge in [-0.15, -0.1) is 0 Å². The molecule has 1 saturated heterocycles. The maximum Gasteiger partial charge on any atom is 0.316 e. The molecule has 0 saturated carbocycles. The summed E-state index contributed by atoms with van der Waals surface area (Å²) in [6.45, 7) is 1.22. The topological polar surface area (TPSA) is 64.5 Å². The molecule has 0 bridgehead atoms. The minimum absolute atomic E-state index is 0.00614. The molecule has 0 N–H and O–H groups in total. The quantitative estimate of drug-likeness (QED) is 0.538. The number of likely N-dealkylation sites (tertiary alicyclic amines) is 1. The Hall–Kier alpha value is -2.93. The third-order valence-electron chi connectivity index (χ3n) is 4.92. The van der Waals surface area contributed by atoms with Crippen molar-refractivity contribution in [1.82, 2.24) is 14.9 Å². The van der Waals surface area contributed by atoms with Crippen LogP contribution < -0.4 is 9.47 Å². The van der Waals surface area contributed by atoms with Gasteiger partial charge in [0.25, 0.3) is 5.91 Å². The largest absolute Gasteiger partial charge is 0.484 e. The minimum atomic E-state index is -0.117. The Morgan fingerprint density at radius 1 is 1.03 bits per heavy atom. The van der Waals surface area contributed by atoms with Crippen molar-refractivity contribution in [2.45, 2.75) is 18.9 Å². The van der Waals surface area contributed by atoms with Gasteiger partial charge < -0.3 is 14.4 Å². The van der Waals surface area contributed by atoms with Gasteiger partial charge in [0.1, 0.15) is 11.9 Å². The van der Waals surface area contributed by atoms with E-state index >= 15 is 0 Å². The number of hydrogen-bond acceptors (Lipinski definition) is 5. The normalized spacial score (nSPS) is 16.2. The van der Waals surface area contributed by atoms with E-state index in [-0.39, 0.29) is 18.6 Å². The molecule has 1 unspecified atom stereocenters. The van der Waals surface area contributed by atoms with Gasteiger partial charge >= 0.3 is 6.01 Å². The first-order valence-electron chi connectivity index (χ1n) is 9.87. The summed E-state index contributed by atoms with van der Waals surface area (Å²) in [4.78, 5) is 22.7. The highest BCUT2D eigenvalue weighted by molar-refractivity contribution is 9.10. The van der Waals surface area contributed by atoms with Gasteiger partial charge in [0.2, 0.25) is 0 Å². The summed E-state index contributed by atoms with van der Waals surface area (Å²) in [6, 6.07) is 18.2. The number of rotatable bonds is 6. The van der Waals surface area contributed by atoms with Crippen LogP contribution in [0.1, 0.15) is 12.8 Å². The average Bonchev–Trinajstić information content (AvgIpc) is 2.80. The Kier molecular flexibility index (Phi) is 6.59. The number of carbonyl (C=O) groups is 1. The molecule has 4 rings (SSSR count). The highest BCUT2D eigenvalue weighted by Gasteiger charge is 2.25. The first-order chi connectivity index (χ1) is 14.7. The highest BCUT2D eigenvalue weighted by atomic mass is 79.9. The predicted molar refractivity (Wildman–Crippen MR) is 117 cm³/mol. The van der Waals surface area contributed by atoms with Crippen molar-refractivity contribution < 1.29 is 14.3 Å². The van der Waals surface area contributed by atoms with Crippen LogP contribution in [0.3, 0.4) is 0 Å². The van der Waals surface area contributed by atoms with E-state index in [9.17, 15) is 4.79 Å². The molecular formula is C23H22BrN3O3. The van der Waals surface area contributed by atoms with Crippen LogP contribution >= 0.6 is 15.9 Å². The van der Waals surface area contributed by atoms with E-state index in [1.165, 1.54) is 0 Å². The monoisotopic (exact) mass is 467 g/mol. The van der Waals surface area contributed by atoms with Crippen LogP contribution in [0.4, 0.5) is 0 Å². The number of halogens is 1. The van der Waals surface area contributed by atoms with Gasteiger partial charge in [0.15, 0.2) is 6.61 Å². The summed E-state index contributed by atoms with van der Waals surface area (Å²) in [6.07, 6.45) is 4.91. The van der Waals surface area contributed by atoms with Crippen molar-refractivity contribution in [2.75, 3.05) is 19.7 Å². The van der Waals surface area contributed by atoms with Crippen LogP contribution in [-0.4, -0.2) is 46.6 Å². The summed E-state index contributed by atoms with van der Waals surface area (Å²) < 4.78 is 12.3. The first-order valence-corrected chi connectivity index (χ1v) is 10.7. The zero-order chi connectivity index (χ0) is 20.8. The third-order valence-corrected chi connectivity index (χ3v) is 5.33. The Balaban J connectivity index is 1.28. The third kappa shape index (κ3) is 5.36. The van der Waals surface area contributed by atoms with E-state index in [1.54, 1.807) is 17.3 Å². The molecule has 1 fully saturated rings. The van der Waals surface area contributed by atoms with Crippen molar-refractivity contribution >= 4 is 21.8 Å². The second-order valence-electron chi connectivity index (χ2n) is 7.08. The SMILES string of the molecule is O=C(COc1ccc(-c2ccccc2)cc1)N1CCCC(Oc2ncc(Br)cn2)C1. The lowest BCUT2D eigenvalue weighted by atomic mass is 10.1. The van der Waals surface area contributed by atoms with Crippen LogP contribution in [-0.2, 0) is 4.79 Å². The van der Waals surface area contributed by atoms with Gasteiger partial charge in [0, 0.05) is 18.9 Å². The van der Waals surface area contributed by atoms with Crippen LogP contribution in [0.5, 0.6) is 11.8 Å².